The molecular formula is C12H8F3NO3S. The molecule has 0 atom stereocenters. The smallest absolute Gasteiger partial charge is 0.279 e. The van der Waals surface area contributed by atoms with Crippen molar-refractivity contribution >= 4 is 20.9 Å². The lowest BCUT2D eigenvalue weighted by atomic mass is 10.1. The molecule has 0 aliphatic heterocycles. The molecule has 0 saturated carbocycles. The first-order valence-electron chi connectivity index (χ1n) is 5.08. The van der Waals surface area contributed by atoms with Crippen LogP contribution in [0.4, 0.5) is 13.2 Å². The van der Waals surface area contributed by atoms with Crippen molar-refractivity contribution in [2.75, 3.05) is 0 Å². The fraction of sp³-hybridized carbons (Fsp3) is 0.0833. The summed E-state index contributed by atoms with van der Waals surface area (Å²) in [5.41, 5.74) is -4.82. The van der Waals surface area contributed by atoms with Crippen molar-refractivity contribution in [3.8, 4) is 6.07 Å². The average Bonchev–Trinajstić information content (AvgIpc) is 2.36. The van der Waals surface area contributed by atoms with E-state index in [-0.39, 0.29) is 0 Å². The van der Waals surface area contributed by atoms with Gasteiger partial charge in [0.05, 0.1) is 11.6 Å². The van der Waals surface area contributed by atoms with Gasteiger partial charge in [0.15, 0.2) is 0 Å². The molecule has 2 aromatic carbocycles. The highest BCUT2D eigenvalue weighted by Crippen LogP contribution is 2.20. The first-order valence-corrected chi connectivity index (χ1v) is 6.52. The lowest BCUT2D eigenvalue weighted by molar-refractivity contribution is -0.0510. The number of hydrogen-bond donors (Lipinski definition) is 1. The molecule has 4 nitrogen and oxygen atoms in total. The number of hydrogen-bond acceptors (Lipinski definition) is 3. The predicted molar refractivity (Wildman–Crippen MR) is 66.3 cm³/mol. The number of alkyl halides is 3. The van der Waals surface area contributed by atoms with E-state index in [0.29, 0.717) is 5.56 Å². The molecule has 0 heterocycles. The van der Waals surface area contributed by atoms with Crippen LogP contribution in [0.3, 0.4) is 0 Å². The zero-order valence-electron chi connectivity index (χ0n) is 9.79. The minimum absolute atomic E-state index is 0.716. The minimum atomic E-state index is -5.84. The minimum Gasteiger partial charge on any atom is -0.279 e. The van der Waals surface area contributed by atoms with E-state index in [1.807, 2.05) is 42.5 Å². The Morgan fingerprint density at radius 3 is 2.00 bits per heavy atom. The zero-order chi connectivity index (χ0) is 15.4. The van der Waals surface area contributed by atoms with Crippen LogP contribution in [0, 0.1) is 11.3 Å². The Balaban J connectivity index is 0.000000221. The topological polar surface area (TPSA) is 78.2 Å². The normalized spacial score (nSPS) is 11.3. The third kappa shape index (κ3) is 4.22. The van der Waals surface area contributed by atoms with Crippen molar-refractivity contribution in [2.24, 2.45) is 0 Å². The molecule has 20 heavy (non-hydrogen) atoms. The first-order chi connectivity index (χ1) is 9.15. The van der Waals surface area contributed by atoms with E-state index in [9.17, 15) is 13.2 Å². The van der Waals surface area contributed by atoms with E-state index in [1.54, 1.807) is 0 Å². The van der Waals surface area contributed by atoms with Crippen molar-refractivity contribution in [2.45, 2.75) is 5.51 Å². The Morgan fingerprint density at radius 2 is 1.55 bits per heavy atom. The van der Waals surface area contributed by atoms with Crippen LogP contribution >= 0.6 is 0 Å². The maximum absolute atomic E-state index is 10.7. The molecule has 106 valence electrons. The summed E-state index contributed by atoms with van der Waals surface area (Å²) in [4.78, 5) is 0. The van der Waals surface area contributed by atoms with Gasteiger partial charge in [-0.1, -0.05) is 30.3 Å². The lowest BCUT2D eigenvalue weighted by Crippen LogP contribution is -2.21. The molecule has 0 fully saturated rings. The second-order valence-corrected chi connectivity index (χ2v) is 5.01. The zero-order valence-corrected chi connectivity index (χ0v) is 10.6. The van der Waals surface area contributed by atoms with Crippen molar-refractivity contribution in [3.05, 3.63) is 48.0 Å². The van der Waals surface area contributed by atoms with E-state index >= 15 is 0 Å². The molecule has 0 spiro atoms. The largest absolute Gasteiger partial charge is 0.522 e. The van der Waals surface area contributed by atoms with E-state index in [1.165, 1.54) is 5.39 Å². The Kier molecular flexibility index (Phi) is 4.70. The molecule has 0 aromatic heterocycles. The van der Waals surface area contributed by atoms with E-state index in [4.69, 9.17) is 18.2 Å². The molecular weight excluding hydrogens is 295 g/mol. The molecule has 0 bridgehead atoms. The number of benzene rings is 2. The summed E-state index contributed by atoms with van der Waals surface area (Å²) < 4.78 is 57.5. The molecule has 0 aliphatic carbocycles. The van der Waals surface area contributed by atoms with Gasteiger partial charge < -0.3 is 0 Å². The standard InChI is InChI=1S/C11H7N.CHF3O3S/c12-8-9-5-6-10-3-1-2-4-11(10)7-9;2-1(3,4)8(5,6)7/h1-7H;(H,5,6,7). The van der Waals surface area contributed by atoms with Crippen LogP contribution in [0.2, 0.25) is 0 Å². The summed E-state index contributed by atoms with van der Waals surface area (Å²) in [7, 11) is -5.84. The second-order valence-electron chi connectivity index (χ2n) is 3.59. The summed E-state index contributed by atoms with van der Waals surface area (Å²) >= 11 is 0. The van der Waals surface area contributed by atoms with Crippen LogP contribution in [0.25, 0.3) is 10.8 Å². The van der Waals surface area contributed by atoms with Gasteiger partial charge in [0, 0.05) is 0 Å². The van der Waals surface area contributed by atoms with Crippen molar-refractivity contribution in [1.82, 2.24) is 0 Å². The van der Waals surface area contributed by atoms with Gasteiger partial charge in [0.2, 0.25) is 0 Å². The van der Waals surface area contributed by atoms with Gasteiger partial charge in [-0.05, 0) is 22.9 Å². The van der Waals surface area contributed by atoms with Gasteiger partial charge in [-0.2, -0.15) is 26.9 Å². The molecule has 0 saturated heterocycles. The van der Waals surface area contributed by atoms with E-state index in [0.717, 1.165) is 5.39 Å². The molecule has 0 unspecified atom stereocenters. The number of fused-ring (bicyclic) bond motifs is 1. The third-order valence-electron chi connectivity index (χ3n) is 2.17. The number of halogens is 3. The maximum Gasteiger partial charge on any atom is 0.522 e. The predicted octanol–water partition coefficient (Wildman–Crippen LogP) is 3.11. The van der Waals surface area contributed by atoms with Crippen LogP contribution in [0.5, 0.6) is 0 Å². The van der Waals surface area contributed by atoms with Crippen molar-refractivity contribution in [3.63, 3.8) is 0 Å². The summed E-state index contributed by atoms with van der Waals surface area (Å²) in [5, 5.41) is 10.9. The monoisotopic (exact) mass is 303 g/mol. The van der Waals surface area contributed by atoms with Crippen LogP contribution in [-0.4, -0.2) is 18.5 Å². The van der Waals surface area contributed by atoms with Crippen molar-refractivity contribution < 1.29 is 26.1 Å². The Morgan fingerprint density at radius 1 is 1.05 bits per heavy atom. The highest BCUT2D eigenvalue weighted by Gasteiger charge is 2.44. The molecule has 2 rings (SSSR count). The third-order valence-corrected chi connectivity index (χ3v) is 2.76. The van der Waals surface area contributed by atoms with Gasteiger partial charge in [-0.25, -0.2) is 0 Å². The Labute approximate surface area is 112 Å². The fourth-order valence-corrected chi connectivity index (χ4v) is 1.26. The number of nitrogens with zero attached hydrogens (tertiary/aromatic N) is 1. The van der Waals surface area contributed by atoms with Gasteiger partial charge in [-0.3, -0.25) is 4.55 Å². The summed E-state index contributed by atoms with van der Waals surface area (Å²) in [6.07, 6.45) is 0. The second kappa shape index (κ2) is 5.90. The Bertz CT molecular complexity index is 748. The summed E-state index contributed by atoms with van der Waals surface area (Å²) in [6.45, 7) is 0. The van der Waals surface area contributed by atoms with Gasteiger partial charge in [0.25, 0.3) is 0 Å². The van der Waals surface area contributed by atoms with Crippen molar-refractivity contribution in [1.29, 1.82) is 5.26 Å². The van der Waals surface area contributed by atoms with Gasteiger partial charge >= 0.3 is 15.6 Å². The van der Waals surface area contributed by atoms with Gasteiger partial charge in [0.1, 0.15) is 0 Å². The molecule has 0 amide bonds. The first kappa shape index (κ1) is 15.9. The summed E-state index contributed by atoms with van der Waals surface area (Å²) in [6, 6.07) is 15.8. The van der Waals surface area contributed by atoms with E-state index < -0.39 is 15.6 Å². The van der Waals surface area contributed by atoms with E-state index in [2.05, 4.69) is 6.07 Å². The number of nitriles is 1. The van der Waals surface area contributed by atoms with Gasteiger partial charge in [-0.15, -0.1) is 0 Å². The maximum atomic E-state index is 10.7. The molecule has 1 N–H and O–H groups in total. The molecule has 0 aliphatic rings. The molecule has 2 aromatic rings. The molecule has 8 heteroatoms. The highest BCUT2D eigenvalue weighted by atomic mass is 32.2. The van der Waals surface area contributed by atoms with Crippen LogP contribution in [-0.2, 0) is 10.1 Å². The Hall–Kier alpha value is -2.11. The highest BCUT2D eigenvalue weighted by molar-refractivity contribution is 7.86. The average molecular weight is 303 g/mol. The SMILES string of the molecule is N#Cc1ccc2ccccc2c1.O=S(=O)(O)C(F)(F)F. The fourth-order valence-electron chi connectivity index (χ4n) is 1.26. The quantitative estimate of drug-likeness (QED) is 0.599. The molecule has 0 radical (unpaired) electrons. The summed E-state index contributed by atoms with van der Waals surface area (Å²) in [5.74, 6) is 0. The lowest BCUT2D eigenvalue weighted by Gasteiger charge is -1.97. The number of rotatable bonds is 0. The van der Waals surface area contributed by atoms with Crippen LogP contribution in [0.1, 0.15) is 5.56 Å². The van der Waals surface area contributed by atoms with Crippen LogP contribution < -0.4 is 0 Å². The van der Waals surface area contributed by atoms with Crippen LogP contribution in [0.15, 0.2) is 42.5 Å².